The van der Waals surface area contributed by atoms with E-state index in [1.807, 2.05) is 36.4 Å². The van der Waals surface area contributed by atoms with Gasteiger partial charge in [-0.05, 0) is 23.3 Å². The lowest BCUT2D eigenvalue weighted by Gasteiger charge is -2.41. The van der Waals surface area contributed by atoms with E-state index >= 15 is 0 Å². The third-order valence-corrected chi connectivity index (χ3v) is 6.41. The van der Waals surface area contributed by atoms with E-state index < -0.39 is 12.4 Å². The van der Waals surface area contributed by atoms with Gasteiger partial charge in [0, 0.05) is 28.7 Å². The van der Waals surface area contributed by atoms with Crippen molar-refractivity contribution in [1.82, 2.24) is 0 Å². The third-order valence-electron chi connectivity index (χ3n) is 5.38. The van der Waals surface area contributed by atoms with Gasteiger partial charge < -0.3 is 24.4 Å². The van der Waals surface area contributed by atoms with Crippen LogP contribution in [0.1, 0.15) is 36.0 Å². The molecule has 2 aromatic rings. The normalized spacial score (nSPS) is 22.5. The Hall–Kier alpha value is -2.36. The fourth-order valence-electron chi connectivity index (χ4n) is 3.63. The monoisotopic (exact) mass is 473 g/mol. The molecule has 0 radical (unpaired) electrons. The smallest absolute Gasteiger partial charge is 0.411 e. The number of ether oxygens (including phenoxy) is 3. The minimum absolute atomic E-state index is 0.0114. The van der Waals surface area contributed by atoms with Gasteiger partial charge in [0.1, 0.15) is 6.61 Å². The van der Waals surface area contributed by atoms with Crippen molar-refractivity contribution in [3.05, 3.63) is 77.9 Å². The van der Waals surface area contributed by atoms with Gasteiger partial charge in [0.2, 0.25) is 0 Å². The van der Waals surface area contributed by atoms with E-state index in [9.17, 15) is 15.0 Å². The van der Waals surface area contributed by atoms with Crippen molar-refractivity contribution in [2.75, 3.05) is 30.0 Å². The van der Waals surface area contributed by atoms with Crippen molar-refractivity contribution in [2.24, 2.45) is 5.92 Å². The molecule has 1 aliphatic heterocycles. The number of hydrogen-bond donors (Lipinski definition) is 3. The van der Waals surface area contributed by atoms with E-state index in [1.165, 1.54) is 6.08 Å². The number of benzene rings is 2. The molecule has 1 amide bonds. The summed E-state index contributed by atoms with van der Waals surface area (Å²) < 4.78 is 17.7. The average Bonchev–Trinajstić information content (AvgIpc) is 2.84. The van der Waals surface area contributed by atoms with Gasteiger partial charge >= 0.3 is 6.09 Å². The van der Waals surface area contributed by atoms with Gasteiger partial charge in [0.25, 0.3) is 0 Å². The minimum atomic E-state index is -0.630. The first kappa shape index (κ1) is 25.3. The number of carbonyl (C=O) groups excluding carboxylic acids is 1. The van der Waals surface area contributed by atoms with E-state index in [-0.39, 0.29) is 37.9 Å². The van der Waals surface area contributed by atoms with Gasteiger partial charge in [0.05, 0.1) is 25.4 Å². The van der Waals surface area contributed by atoms with Crippen LogP contribution in [-0.2, 0) is 20.8 Å². The van der Waals surface area contributed by atoms with E-state index in [2.05, 4.69) is 18.8 Å². The summed E-state index contributed by atoms with van der Waals surface area (Å²) in [5.74, 6) is 1.43. The minimum Gasteiger partial charge on any atom is -0.445 e. The number of thioether (sulfide) groups is 1. The van der Waals surface area contributed by atoms with Gasteiger partial charge in [-0.15, -0.1) is 0 Å². The molecule has 2 aromatic carbocycles. The first-order chi connectivity index (χ1) is 16.0. The topological polar surface area (TPSA) is 97.3 Å². The first-order valence-electron chi connectivity index (χ1n) is 10.9. The van der Waals surface area contributed by atoms with Gasteiger partial charge in [-0.3, -0.25) is 5.32 Å². The van der Waals surface area contributed by atoms with Crippen molar-refractivity contribution in [3.63, 3.8) is 0 Å². The van der Waals surface area contributed by atoms with Crippen molar-refractivity contribution in [3.8, 4) is 0 Å². The van der Waals surface area contributed by atoms with Gasteiger partial charge in [-0.25, -0.2) is 4.79 Å². The standard InChI is InChI=1S/C25H31NO6S/c1-3-12-30-25(29)26-21-6-4-5-20(14-21)24-31-22(16-33-13-11-27)17(2)23(32-24)19-9-7-18(15-28)8-10-19/h3-10,14,17,22-24,27-28H,1,11-13,15-16H2,2H3,(H,26,29). The molecule has 0 aromatic heterocycles. The van der Waals surface area contributed by atoms with Crippen molar-refractivity contribution in [2.45, 2.75) is 32.0 Å². The maximum absolute atomic E-state index is 11.9. The largest absolute Gasteiger partial charge is 0.445 e. The Morgan fingerprint density at radius 2 is 1.97 bits per heavy atom. The molecule has 0 saturated carbocycles. The summed E-state index contributed by atoms with van der Waals surface area (Å²) in [6, 6.07) is 15.0. The second kappa shape index (κ2) is 12.8. The van der Waals surface area contributed by atoms with Crippen LogP contribution < -0.4 is 5.32 Å². The molecule has 1 fully saturated rings. The lowest BCUT2D eigenvalue weighted by molar-refractivity contribution is -0.268. The Morgan fingerprint density at radius 3 is 2.67 bits per heavy atom. The molecular formula is C25H31NO6S. The molecule has 33 heavy (non-hydrogen) atoms. The second-order valence-corrected chi connectivity index (χ2v) is 8.91. The molecule has 7 nitrogen and oxygen atoms in total. The molecule has 1 heterocycles. The van der Waals surface area contributed by atoms with Gasteiger partial charge in [-0.1, -0.05) is 56.0 Å². The fraction of sp³-hybridized carbons (Fsp3) is 0.400. The highest BCUT2D eigenvalue weighted by atomic mass is 32.2. The van der Waals surface area contributed by atoms with Crippen LogP contribution in [0, 0.1) is 5.92 Å². The molecule has 4 unspecified atom stereocenters. The number of aliphatic hydroxyl groups excluding tert-OH is 2. The number of hydrogen-bond acceptors (Lipinski definition) is 7. The third kappa shape index (κ3) is 7.06. The van der Waals surface area contributed by atoms with E-state index in [1.54, 1.807) is 23.9 Å². The van der Waals surface area contributed by atoms with Crippen LogP contribution in [0.4, 0.5) is 10.5 Å². The first-order valence-corrected chi connectivity index (χ1v) is 12.0. The number of carbonyl (C=O) groups is 1. The number of aliphatic hydroxyl groups is 2. The van der Waals surface area contributed by atoms with Gasteiger partial charge in [-0.2, -0.15) is 11.8 Å². The van der Waals surface area contributed by atoms with Crippen LogP contribution in [0.3, 0.4) is 0 Å². The van der Waals surface area contributed by atoms with Crippen molar-refractivity contribution in [1.29, 1.82) is 0 Å². The molecule has 3 rings (SSSR count). The summed E-state index contributed by atoms with van der Waals surface area (Å²) in [7, 11) is 0. The Bertz CT molecular complexity index is 906. The van der Waals surface area contributed by atoms with Crippen molar-refractivity contribution >= 4 is 23.5 Å². The Morgan fingerprint density at radius 1 is 1.18 bits per heavy atom. The highest BCUT2D eigenvalue weighted by molar-refractivity contribution is 7.99. The molecule has 0 bridgehead atoms. The summed E-state index contributed by atoms with van der Waals surface area (Å²) >= 11 is 1.64. The number of amides is 1. The maximum Gasteiger partial charge on any atom is 0.411 e. The summed E-state index contributed by atoms with van der Waals surface area (Å²) in [6.07, 6.45) is -0.00803. The van der Waals surface area contributed by atoms with Gasteiger partial charge in [0.15, 0.2) is 6.29 Å². The van der Waals surface area contributed by atoms with Crippen LogP contribution in [0.2, 0.25) is 0 Å². The number of anilines is 1. The Kier molecular flexibility index (Phi) is 9.77. The molecule has 178 valence electrons. The average molecular weight is 474 g/mol. The van der Waals surface area contributed by atoms with Crippen LogP contribution in [0.15, 0.2) is 61.2 Å². The summed E-state index contributed by atoms with van der Waals surface area (Å²) in [5, 5.41) is 21.2. The maximum atomic E-state index is 11.9. The van der Waals surface area contributed by atoms with Crippen LogP contribution in [0.25, 0.3) is 0 Å². The summed E-state index contributed by atoms with van der Waals surface area (Å²) in [5.41, 5.74) is 3.19. The molecule has 0 aliphatic carbocycles. The zero-order valence-corrected chi connectivity index (χ0v) is 19.5. The highest BCUT2D eigenvalue weighted by Crippen LogP contribution is 2.42. The zero-order valence-electron chi connectivity index (χ0n) is 18.7. The van der Waals surface area contributed by atoms with Crippen LogP contribution in [0.5, 0.6) is 0 Å². The highest BCUT2D eigenvalue weighted by Gasteiger charge is 2.38. The molecule has 8 heteroatoms. The Balaban J connectivity index is 1.81. The van der Waals surface area contributed by atoms with Crippen LogP contribution >= 0.6 is 11.8 Å². The predicted molar refractivity (Wildman–Crippen MR) is 129 cm³/mol. The lowest BCUT2D eigenvalue weighted by atomic mass is 9.91. The number of rotatable bonds is 10. The van der Waals surface area contributed by atoms with Crippen molar-refractivity contribution < 1.29 is 29.2 Å². The lowest BCUT2D eigenvalue weighted by Crippen LogP contribution is -2.38. The second-order valence-electron chi connectivity index (χ2n) is 7.76. The summed E-state index contributed by atoms with van der Waals surface area (Å²) in [4.78, 5) is 11.9. The number of nitrogens with one attached hydrogen (secondary N) is 1. The molecule has 0 spiro atoms. The van der Waals surface area contributed by atoms with E-state index in [4.69, 9.17) is 14.2 Å². The SMILES string of the molecule is C=CCOC(=O)Nc1cccc(C2OC(CSCCO)C(C)C(c3ccc(CO)cc3)O2)c1. The predicted octanol–water partition coefficient (Wildman–Crippen LogP) is 4.43. The molecule has 3 N–H and O–H groups in total. The molecule has 1 saturated heterocycles. The molecular weight excluding hydrogens is 442 g/mol. The quantitative estimate of drug-likeness (QED) is 0.347. The Labute approximate surface area is 198 Å². The zero-order chi connectivity index (χ0) is 23.6. The summed E-state index contributed by atoms with van der Waals surface area (Å²) in [6.45, 7) is 5.86. The van der Waals surface area contributed by atoms with E-state index in [0.717, 1.165) is 22.4 Å². The fourth-order valence-corrected chi connectivity index (χ4v) is 4.54. The molecule has 1 aliphatic rings. The van der Waals surface area contributed by atoms with E-state index in [0.29, 0.717) is 11.4 Å². The molecule has 4 atom stereocenters. The van der Waals surface area contributed by atoms with Crippen LogP contribution in [-0.4, -0.2) is 47.1 Å².